The molecule has 2 nitrogen and oxygen atoms in total. The van der Waals surface area contributed by atoms with E-state index in [9.17, 15) is 0 Å². The molecule has 0 bridgehead atoms. The molecule has 1 unspecified atom stereocenters. The van der Waals surface area contributed by atoms with Crippen LogP contribution >= 0.6 is 15.9 Å². The second kappa shape index (κ2) is 6.99. The van der Waals surface area contributed by atoms with Crippen molar-refractivity contribution < 1.29 is 5.11 Å². The summed E-state index contributed by atoms with van der Waals surface area (Å²) in [5.41, 5.74) is 1.29. The average molecular weight is 272 g/mol. The van der Waals surface area contributed by atoms with E-state index in [-0.39, 0.29) is 6.61 Å². The molecule has 0 heterocycles. The molecule has 0 saturated heterocycles. The first-order chi connectivity index (χ1) is 7.22. The maximum absolute atomic E-state index is 8.75. The molecule has 0 aliphatic heterocycles. The molecule has 1 rings (SSSR count). The third-order valence-electron chi connectivity index (χ3n) is 2.36. The van der Waals surface area contributed by atoms with Crippen molar-refractivity contribution >= 4 is 15.9 Å². The number of hydrogen-bond acceptors (Lipinski definition) is 2. The van der Waals surface area contributed by atoms with E-state index in [1.807, 2.05) is 12.1 Å². The third kappa shape index (κ3) is 5.30. The summed E-state index contributed by atoms with van der Waals surface area (Å²) in [7, 11) is 0. The van der Waals surface area contributed by atoms with Crippen LogP contribution in [0.5, 0.6) is 0 Å². The van der Waals surface area contributed by atoms with Gasteiger partial charge in [-0.2, -0.15) is 0 Å². The first-order valence-electron chi connectivity index (χ1n) is 5.28. The molecule has 3 heteroatoms. The summed E-state index contributed by atoms with van der Waals surface area (Å²) < 4.78 is 1.11. The Kier molecular flexibility index (Phi) is 5.91. The van der Waals surface area contributed by atoms with Gasteiger partial charge in [-0.1, -0.05) is 35.0 Å². The van der Waals surface area contributed by atoms with Crippen molar-refractivity contribution in [2.45, 2.75) is 19.9 Å². The molecule has 0 aliphatic rings. The number of halogens is 1. The van der Waals surface area contributed by atoms with Gasteiger partial charge in [0.2, 0.25) is 0 Å². The third-order valence-corrected chi connectivity index (χ3v) is 2.89. The summed E-state index contributed by atoms with van der Waals surface area (Å²) in [6.45, 7) is 4.27. The zero-order valence-corrected chi connectivity index (χ0v) is 10.6. The molecule has 15 heavy (non-hydrogen) atoms. The molecule has 0 radical (unpaired) electrons. The van der Waals surface area contributed by atoms with Gasteiger partial charge in [0, 0.05) is 17.6 Å². The summed E-state index contributed by atoms with van der Waals surface area (Å²) in [5, 5.41) is 12.1. The topological polar surface area (TPSA) is 32.3 Å². The summed E-state index contributed by atoms with van der Waals surface area (Å²) in [6.07, 6.45) is 0.868. The van der Waals surface area contributed by atoms with Crippen LogP contribution in [0, 0.1) is 5.92 Å². The highest BCUT2D eigenvalue weighted by Crippen LogP contribution is 2.10. The maximum atomic E-state index is 8.75. The van der Waals surface area contributed by atoms with Gasteiger partial charge in [-0.25, -0.2) is 0 Å². The van der Waals surface area contributed by atoms with Gasteiger partial charge in [-0.3, -0.25) is 0 Å². The molecule has 1 aromatic carbocycles. The number of rotatable bonds is 6. The molecule has 1 atom stereocenters. The van der Waals surface area contributed by atoms with E-state index >= 15 is 0 Å². The van der Waals surface area contributed by atoms with Gasteiger partial charge in [-0.05, 0) is 36.6 Å². The highest BCUT2D eigenvalue weighted by atomic mass is 79.9. The quantitative estimate of drug-likeness (QED) is 0.834. The van der Waals surface area contributed by atoms with E-state index in [0.29, 0.717) is 5.92 Å². The number of aliphatic hydroxyl groups excluding tert-OH is 1. The number of aliphatic hydroxyl groups is 1. The van der Waals surface area contributed by atoms with Gasteiger partial charge >= 0.3 is 0 Å². The highest BCUT2D eigenvalue weighted by molar-refractivity contribution is 9.10. The minimum Gasteiger partial charge on any atom is -0.396 e. The van der Waals surface area contributed by atoms with Crippen molar-refractivity contribution in [3.05, 3.63) is 34.3 Å². The lowest BCUT2D eigenvalue weighted by molar-refractivity contribution is 0.260. The summed E-state index contributed by atoms with van der Waals surface area (Å²) in [6, 6.07) is 8.31. The van der Waals surface area contributed by atoms with E-state index in [2.05, 4.69) is 40.3 Å². The molecule has 0 amide bonds. The Bertz CT molecular complexity index is 273. The monoisotopic (exact) mass is 271 g/mol. The van der Waals surface area contributed by atoms with Crippen molar-refractivity contribution in [1.29, 1.82) is 0 Å². The van der Waals surface area contributed by atoms with E-state index in [1.54, 1.807) is 0 Å². The Hall–Kier alpha value is -0.380. The van der Waals surface area contributed by atoms with Crippen molar-refractivity contribution in [2.24, 2.45) is 5.92 Å². The second-order valence-electron chi connectivity index (χ2n) is 3.87. The van der Waals surface area contributed by atoms with Gasteiger partial charge in [0.15, 0.2) is 0 Å². The zero-order valence-electron chi connectivity index (χ0n) is 9.04. The molecule has 0 spiro atoms. The fourth-order valence-corrected chi connectivity index (χ4v) is 1.65. The smallest absolute Gasteiger partial charge is 0.0434 e. The Morgan fingerprint density at radius 2 is 2.00 bits per heavy atom. The first-order valence-corrected chi connectivity index (χ1v) is 6.07. The number of hydrogen-bond donors (Lipinski definition) is 2. The SMILES string of the molecule is CC(CCO)CNCc1ccc(Br)cc1. The van der Waals surface area contributed by atoms with Crippen LogP contribution in [0.25, 0.3) is 0 Å². The second-order valence-corrected chi connectivity index (χ2v) is 4.79. The van der Waals surface area contributed by atoms with Gasteiger partial charge in [0.05, 0.1) is 0 Å². The molecule has 1 aromatic rings. The van der Waals surface area contributed by atoms with E-state index in [0.717, 1.165) is 24.0 Å². The van der Waals surface area contributed by atoms with Gasteiger partial charge in [-0.15, -0.1) is 0 Å². The van der Waals surface area contributed by atoms with Crippen LogP contribution in [0.4, 0.5) is 0 Å². The summed E-state index contributed by atoms with van der Waals surface area (Å²) in [5.74, 6) is 0.533. The molecule has 2 N–H and O–H groups in total. The maximum Gasteiger partial charge on any atom is 0.0434 e. The molecule has 84 valence electrons. The minimum atomic E-state index is 0.279. The lowest BCUT2D eigenvalue weighted by atomic mass is 10.1. The van der Waals surface area contributed by atoms with Gasteiger partial charge < -0.3 is 10.4 Å². The average Bonchev–Trinajstić information content (AvgIpc) is 2.21. The summed E-state index contributed by atoms with van der Waals surface area (Å²) in [4.78, 5) is 0. The summed E-state index contributed by atoms with van der Waals surface area (Å²) >= 11 is 3.41. The number of nitrogens with one attached hydrogen (secondary N) is 1. The molecule has 0 aliphatic carbocycles. The van der Waals surface area contributed by atoms with E-state index in [1.165, 1.54) is 5.56 Å². The predicted molar refractivity (Wildman–Crippen MR) is 66.7 cm³/mol. The van der Waals surface area contributed by atoms with Crippen LogP contribution in [0.3, 0.4) is 0 Å². The van der Waals surface area contributed by atoms with Crippen molar-refractivity contribution in [1.82, 2.24) is 5.32 Å². The van der Waals surface area contributed by atoms with Gasteiger partial charge in [0.25, 0.3) is 0 Å². The van der Waals surface area contributed by atoms with Crippen molar-refractivity contribution in [3.8, 4) is 0 Å². The fourth-order valence-electron chi connectivity index (χ4n) is 1.39. The Morgan fingerprint density at radius 3 is 2.60 bits per heavy atom. The molecule has 0 aromatic heterocycles. The Morgan fingerprint density at radius 1 is 1.33 bits per heavy atom. The normalized spacial score (nSPS) is 12.7. The lowest BCUT2D eigenvalue weighted by Gasteiger charge is -2.10. The highest BCUT2D eigenvalue weighted by Gasteiger charge is 2.00. The van der Waals surface area contributed by atoms with Crippen LogP contribution < -0.4 is 5.32 Å². The largest absolute Gasteiger partial charge is 0.396 e. The minimum absolute atomic E-state index is 0.279. The Balaban J connectivity index is 2.22. The predicted octanol–water partition coefficient (Wildman–Crippen LogP) is 2.56. The van der Waals surface area contributed by atoms with E-state index < -0.39 is 0 Å². The molecule has 0 saturated carbocycles. The zero-order chi connectivity index (χ0) is 11.1. The van der Waals surface area contributed by atoms with Crippen molar-refractivity contribution in [2.75, 3.05) is 13.2 Å². The van der Waals surface area contributed by atoms with Crippen molar-refractivity contribution in [3.63, 3.8) is 0 Å². The van der Waals surface area contributed by atoms with E-state index in [4.69, 9.17) is 5.11 Å². The first kappa shape index (κ1) is 12.7. The lowest BCUT2D eigenvalue weighted by Crippen LogP contribution is -2.21. The van der Waals surface area contributed by atoms with Crippen LogP contribution in [0.1, 0.15) is 18.9 Å². The van der Waals surface area contributed by atoms with Crippen LogP contribution in [-0.4, -0.2) is 18.3 Å². The Labute approximate surface area is 99.8 Å². The number of benzene rings is 1. The molecular formula is C12H18BrNO. The molecule has 0 fully saturated rings. The molecular weight excluding hydrogens is 254 g/mol. The van der Waals surface area contributed by atoms with Crippen LogP contribution in [-0.2, 0) is 6.54 Å². The fraction of sp³-hybridized carbons (Fsp3) is 0.500. The van der Waals surface area contributed by atoms with Crippen LogP contribution in [0.2, 0.25) is 0 Å². The van der Waals surface area contributed by atoms with Crippen LogP contribution in [0.15, 0.2) is 28.7 Å². The van der Waals surface area contributed by atoms with Gasteiger partial charge in [0.1, 0.15) is 0 Å². The standard InChI is InChI=1S/C12H18BrNO/c1-10(6-7-15)8-14-9-11-2-4-12(13)5-3-11/h2-5,10,14-15H,6-9H2,1H3.